The van der Waals surface area contributed by atoms with Crippen LogP contribution >= 0.6 is 11.6 Å². The smallest absolute Gasteiger partial charge is 0.254 e. The zero-order valence-corrected chi connectivity index (χ0v) is 16.7. The molecule has 27 heavy (non-hydrogen) atoms. The number of carbonyl (C=O) groups is 1. The van der Waals surface area contributed by atoms with Crippen molar-refractivity contribution in [1.29, 1.82) is 0 Å². The van der Waals surface area contributed by atoms with Crippen LogP contribution in [-0.2, 0) is 16.4 Å². The van der Waals surface area contributed by atoms with E-state index < -0.39 is 9.84 Å². The maximum atomic E-state index is 13.1. The van der Waals surface area contributed by atoms with Gasteiger partial charge in [-0.25, -0.2) is 8.42 Å². The molecule has 1 heterocycles. The Morgan fingerprint density at radius 3 is 2.56 bits per heavy atom. The van der Waals surface area contributed by atoms with Crippen LogP contribution in [0.25, 0.3) is 0 Å². The van der Waals surface area contributed by atoms with Gasteiger partial charge < -0.3 is 9.64 Å². The predicted molar refractivity (Wildman–Crippen MR) is 106 cm³/mol. The number of halogens is 1. The van der Waals surface area contributed by atoms with Gasteiger partial charge in [0.2, 0.25) is 0 Å². The normalized spacial score (nSPS) is 18.2. The van der Waals surface area contributed by atoms with Crippen molar-refractivity contribution in [2.45, 2.75) is 25.9 Å². The van der Waals surface area contributed by atoms with E-state index in [1.165, 1.54) is 0 Å². The average Bonchev–Trinajstić information content (AvgIpc) is 3.00. The minimum absolute atomic E-state index is 0.00364. The third kappa shape index (κ3) is 5.02. The van der Waals surface area contributed by atoms with Gasteiger partial charge in [0.25, 0.3) is 5.91 Å². The molecule has 0 spiro atoms. The molecule has 0 N–H and O–H groups in total. The molecule has 7 heteroatoms. The molecular weight excluding hydrogens is 386 g/mol. The van der Waals surface area contributed by atoms with Crippen molar-refractivity contribution in [3.05, 3.63) is 64.7 Å². The van der Waals surface area contributed by atoms with Crippen molar-refractivity contribution in [1.82, 2.24) is 4.90 Å². The molecule has 1 fully saturated rings. The Morgan fingerprint density at radius 2 is 1.96 bits per heavy atom. The highest BCUT2D eigenvalue weighted by molar-refractivity contribution is 7.91. The summed E-state index contributed by atoms with van der Waals surface area (Å²) in [6.07, 6.45) is 0.450. The Labute approximate surface area is 164 Å². The molecule has 1 amide bonds. The van der Waals surface area contributed by atoms with Gasteiger partial charge in [0, 0.05) is 23.2 Å². The quantitative estimate of drug-likeness (QED) is 0.734. The molecule has 2 aromatic rings. The summed E-state index contributed by atoms with van der Waals surface area (Å²) in [6.45, 7) is 2.83. The summed E-state index contributed by atoms with van der Waals surface area (Å²) < 4.78 is 29.4. The lowest BCUT2D eigenvalue weighted by Crippen LogP contribution is -2.40. The van der Waals surface area contributed by atoms with E-state index in [1.807, 2.05) is 31.2 Å². The number of hydrogen-bond acceptors (Lipinski definition) is 4. The van der Waals surface area contributed by atoms with E-state index in [1.54, 1.807) is 29.2 Å². The third-order valence-corrected chi connectivity index (χ3v) is 6.55. The largest absolute Gasteiger partial charge is 0.494 e. The topological polar surface area (TPSA) is 63.7 Å². The number of hydrogen-bond donors (Lipinski definition) is 0. The van der Waals surface area contributed by atoms with Gasteiger partial charge in [-0.2, -0.15) is 0 Å². The fraction of sp³-hybridized carbons (Fsp3) is 0.350. The van der Waals surface area contributed by atoms with Gasteiger partial charge in [-0.15, -0.1) is 0 Å². The summed E-state index contributed by atoms with van der Waals surface area (Å²) in [5.41, 5.74) is 1.37. The molecule has 2 aromatic carbocycles. The highest BCUT2D eigenvalue weighted by Gasteiger charge is 2.35. The number of amides is 1. The van der Waals surface area contributed by atoms with Crippen LogP contribution in [0.5, 0.6) is 5.75 Å². The lowest BCUT2D eigenvalue weighted by molar-refractivity contribution is 0.0681. The fourth-order valence-corrected chi connectivity index (χ4v) is 5.15. The first-order valence-electron chi connectivity index (χ1n) is 8.86. The van der Waals surface area contributed by atoms with Gasteiger partial charge in [0.1, 0.15) is 5.75 Å². The molecule has 0 aliphatic carbocycles. The first-order chi connectivity index (χ1) is 12.9. The predicted octanol–water partition coefficient (Wildman–Crippen LogP) is 3.57. The summed E-state index contributed by atoms with van der Waals surface area (Å²) in [7, 11) is -3.11. The molecule has 0 aromatic heterocycles. The van der Waals surface area contributed by atoms with Crippen molar-refractivity contribution in [3.8, 4) is 5.75 Å². The number of ether oxygens (including phenoxy) is 1. The Hall–Kier alpha value is -2.05. The van der Waals surface area contributed by atoms with Gasteiger partial charge in [-0.3, -0.25) is 4.79 Å². The minimum Gasteiger partial charge on any atom is -0.494 e. The first kappa shape index (κ1) is 19.7. The molecule has 3 rings (SSSR count). The van der Waals surface area contributed by atoms with E-state index in [2.05, 4.69) is 0 Å². The van der Waals surface area contributed by atoms with Crippen molar-refractivity contribution in [3.63, 3.8) is 0 Å². The molecule has 1 aliphatic heterocycles. The maximum absolute atomic E-state index is 13.1. The summed E-state index contributed by atoms with van der Waals surface area (Å²) in [6, 6.07) is 13.9. The van der Waals surface area contributed by atoms with E-state index >= 15 is 0 Å². The zero-order chi connectivity index (χ0) is 19.4. The number of rotatable bonds is 6. The lowest BCUT2D eigenvalue weighted by atomic mass is 10.1. The van der Waals surface area contributed by atoms with Crippen LogP contribution in [0, 0.1) is 0 Å². The second-order valence-corrected chi connectivity index (χ2v) is 9.24. The minimum atomic E-state index is -3.11. The third-order valence-electron chi connectivity index (χ3n) is 4.57. The molecule has 144 valence electrons. The maximum Gasteiger partial charge on any atom is 0.254 e. The van der Waals surface area contributed by atoms with Gasteiger partial charge in [0.05, 0.1) is 18.1 Å². The molecule has 1 unspecified atom stereocenters. The molecule has 1 aliphatic rings. The van der Waals surface area contributed by atoms with Crippen molar-refractivity contribution in [2.24, 2.45) is 0 Å². The Morgan fingerprint density at radius 1 is 1.22 bits per heavy atom. The van der Waals surface area contributed by atoms with Gasteiger partial charge >= 0.3 is 0 Å². The number of benzene rings is 2. The number of nitrogens with zero attached hydrogens (tertiary/aromatic N) is 1. The van der Waals surface area contributed by atoms with Gasteiger partial charge in [0.15, 0.2) is 9.84 Å². The average molecular weight is 408 g/mol. The van der Waals surface area contributed by atoms with E-state index in [0.717, 1.165) is 11.3 Å². The van der Waals surface area contributed by atoms with Crippen LogP contribution in [0.4, 0.5) is 0 Å². The van der Waals surface area contributed by atoms with E-state index in [9.17, 15) is 13.2 Å². The molecule has 1 saturated heterocycles. The van der Waals surface area contributed by atoms with Crippen molar-refractivity contribution < 1.29 is 17.9 Å². The van der Waals surface area contributed by atoms with E-state index in [4.69, 9.17) is 16.3 Å². The summed E-state index contributed by atoms with van der Waals surface area (Å²) in [5.74, 6) is 0.655. The number of sulfone groups is 1. The van der Waals surface area contributed by atoms with Crippen LogP contribution in [-0.4, -0.2) is 43.4 Å². The van der Waals surface area contributed by atoms with Crippen LogP contribution in [0.1, 0.15) is 29.3 Å². The van der Waals surface area contributed by atoms with E-state index in [-0.39, 0.29) is 23.5 Å². The Bertz CT molecular complexity index is 912. The Kier molecular flexibility index (Phi) is 6.07. The Balaban J connectivity index is 1.86. The molecule has 0 bridgehead atoms. The van der Waals surface area contributed by atoms with Gasteiger partial charge in [-0.1, -0.05) is 29.8 Å². The standard InChI is InChI=1S/C20H22ClNO4S/c1-2-26-19-8-6-15(7-9-19)13-22(18-10-11-27(24,25)14-18)20(23)16-4-3-5-17(21)12-16/h3-9,12,18H,2,10-11,13-14H2,1H3. The highest BCUT2D eigenvalue weighted by atomic mass is 35.5. The highest BCUT2D eigenvalue weighted by Crippen LogP contribution is 2.24. The molecule has 1 atom stereocenters. The molecule has 5 nitrogen and oxygen atoms in total. The SMILES string of the molecule is CCOc1ccc(CN(C(=O)c2cccc(Cl)c2)C2CCS(=O)(=O)C2)cc1. The number of carbonyl (C=O) groups excluding carboxylic acids is 1. The van der Waals surface area contributed by atoms with Crippen molar-refractivity contribution >= 4 is 27.3 Å². The van der Waals surface area contributed by atoms with Crippen LogP contribution in [0.15, 0.2) is 48.5 Å². The van der Waals surface area contributed by atoms with Crippen molar-refractivity contribution in [2.75, 3.05) is 18.1 Å². The molecule has 0 radical (unpaired) electrons. The fourth-order valence-electron chi connectivity index (χ4n) is 3.23. The van der Waals surface area contributed by atoms with Gasteiger partial charge in [-0.05, 0) is 49.2 Å². The monoisotopic (exact) mass is 407 g/mol. The summed E-state index contributed by atoms with van der Waals surface area (Å²) in [4.78, 5) is 14.8. The lowest BCUT2D eigenvalue weighted by Gasteiger charge is -2.28. The zero-order valence-electron chi connectivity index (χ0n) is 15.1. The first-order valence-corrected chi connectivity index (χ1v) is 11.1. The van der Waals surface area contributed by atoms with Crippen LogP contribution in [0.3, 0.4) is 0 Å². The van der Waals surface area contributed by atoms with E-state index in [0.29, 0.717) is 30.2 Å². The second-order valence-electron chi connectivity index (χ2n) is 6.58. The second kappa shape index (κ2) is 8.31. The van der Waals surface area contributed by atoms with Crippen LogP contribution < -0.4 is 4.74 Å². The van der Waals surface area contributed by atoms with Crippen LogP contribution in [0.2, 0.25) is 5.02 Å². The molecule has 0 saturated carbocycles. The molecular formula is C20H22ClNO4S. The summed E-state index contributed by atoms with van der Waals surface area (Å²) >= 11 is 6.03. The summed E-state index contributed by atoms with van der Waals surface area (Å²) in [5, 5.41) is 0.473.